The van der Waals surface area contributed by atoms with Crippen molar-refractivity contribution in [1.82, 2.24) is 9.29 Å². The van der Waals surface area contributed by atoms with Crippen LogP contribution in [0.15, 0.2) is 41.3 Å². The molecule has 1 N–H and O–H groups in total. The number of carbonyl (C=O) groups excluding carboxylic acids is 1. The molecule has 1 fully saturated rings. The Morgan fingerprint density at radius 1 is 1.09 bits per heavy atom. The van der Waals surface area contributed by atoms with E-state index < -0.39 is 10.0 Å². The molecule has 4 rings (SSSR count). The first kappa shape index (κ1) is 23.4. The Morgan fingerprint density at radius 3 is 2.30 bits per heavy atom. The van der Waals surface area contributed by atoms with Crippen LogP contribution in [0.1, 0.15) is 24.2 Å². The minimum absolute atomic E-state index is 0.138. The van der Waals surface area contributed by atoms with E-state index in [1.807, 2.05) is 13.8 Å². The molecule has 33 heavy (non-hydrogen) atoms. The van der Waals surface area contributed by atoms with E-state index in [2.05, 4.69) is 10.3 Å². The van der Waals surface area contributed by atoms with Gasteiger partial charge >= 0.3 is 0 Å². The number of sulfonamides is 1. The third-order valence-corrected chi connectivity index (χ3v) is 8.03. The Bertz CT molecular complexity index is 1220. The number of nitrogens with zero attached hydrogens (tertiary/aromatic N) is 2. The van der Waals surface area contributed by atoms with Gasteiger partial charge in [0.25, 0.3) is 5.91 Å². The molecular weight excluding hydrogens is 466 g/mol. The highest BCUT2D eigenvalue weighted by Crippen LogP contribution is 2.36. The third-order valence-electron chi connectivity index (χ3n) is 5.25. The number of morpholine rings is 1. The van der Waals surface area contributed by atoms with Gasteiger partial charge in [-0.2, -0.15) is 4.31 Å². The van der Waals surface area contributed by atoms with E-state index in [-0.39, 0.29) is 23.0 Å². The van der Waals surface area contributed by atoms with Crippen molar-refractivity contribution in [1.29, 1.82) is 0 Å². The summed E-state index contributed by atoms with van der Waals surface area (Å²) in [4.78, 5) is 17.3. The number of hydrogen-bond donors (Lipinski definition) is 1. The van der Waals surface area contributed by atoms with Crippen LogP contribution in [0, 0.1) is 0 Å². The fourth-order valence-electron chi connectivity index (χ4n) is 3.73. The number of benzene rings is 2. The lowest BCUT2D eigenvalue weighted by atomic mass is 10.2. The monoisotopic (exact) mass is 491 g/mol. The Hall–Kier alpha value is -2.73. The number of amides is 1. The van der Waals surface area contributed by atoms with Crippen molar-refractivity contribution < 1.29 is 27.4 Å². The number of carbonyl (C=O) groups is 1. The highest BCUT2D eigenvalue weighted by Gasteiger charge is 2.32. The molecule has 2 aromatic carbocycles. The number of anilines is 1. The topological polar surface area (TPSA) is 107 Å². The van der Waals surface area contributed by atoms with Crippen molar-refractivity contribution in [3.05, 3.63) is 42.0 Å². The fraction of sp³-hybridized carbons (Fsp3) is 0.364. The zero-order valence-corrected chi connectivity index (χ0v) is 20.3. The van der Waals surface area contributed by atoms with E-state index in [1.165, 1.54) is 39.9 Å². The van der Waals surface area contributed by atoms with Gasteiger partial charge < -0.3 is 14.2 Å². The number of rotatable bonds is 6. The lowest BCUT2D eigenvalue weighted by Gasteiger charge is -2.34. The Morgan fingerprint density at radius 2 is 1.70 bits per heavy atom. The van der Waals surface area contributed by atoms with Crippen LogP contribution in [0.25, 0.3) is 10.2 Å². The molecule has 9 nitrogen and oxygen atoms in total. The predicted molar refractivity (Wildman–Crippen MR) is 126 cm³/mol. The third kappa shape index (κ3) is 4.81. The molecule has 0 spiro atoms. The molecule has 3 aromatic rings. The molecule has 1 amide bonds. The maximum Gasteiger partial charge on any atom is 0.257 e. The summed E-state index contributed by atoms with van der Waals surface area (Å²) in [5.41, 5.74) is 0.996. The first-order valence-electron chi connectivity index (χ1n) is 10.3. The van der Waals surface area contributed by atoms with Crippen LogP contribution < -0.4 is 14.8 Å². The smallest absolute Gasteiger partial charge is 0.257 e. The van der Waals surface area contributed by atoms with Crippen LogP contribution in [0.3, 0.4) is 0 Å². The molecule has 1 aliphatic heterocycles. The maximum atomic E-state index is 13.0. The van der Waals surface area contributed by atoms with Gasteiger partial charge in [0, 0.05) is 30.8 Å². The largest absolute Gasteiger partial charge is 0.493 e. The number of methoxy groups -OCH3 is 2. The second kappa shape index (κ2) is 9.26. The summed E-state index contributed by atoms with van der Waals surface area (Å²) in [5.74, 6) is 0.743. The molecule has 1 saturated heterocycles. The Labute approximate surface area is 196 Å². The van der Waals surface area contributed by atoms with Crippen molar-refractivity contribution >= 4 is 42.6 Å². The second-order valence-corrected chi connectivity index (χ2v) is 10.7. The molecule has 11 heteroatoms. The quantitative estimate of drug-likeness (QED) is 0.563. The lowest BCUT2D eigenvalue weighted by molar-refractivity contribution is -0.0440. The van der Waals surface area contributed by atoms with Crippen LogP contribution in [0.2, 0.25) is 0 Å². The van der Waals surface area contributed by atoms with Crippen LogP contribution in [0.4, 0.5) is 5.13 Å². The van der Waals surface area contributed by atoms with Gasteiger partial charge in [0.05, 0.1) is 41.5 Å². The van der Waals surface area contributed by atoms with E-state index in [0.717, 1.165) is 4.70 Å². The van der Waals surface area contributed by atoms with Crippen LogP contribution in [-0.4, -0.2) is 63.1 Å². The summed E-state index contributed by atoms with van der Waals surface area (Å²) in [7, 11) is -0.575. The number of hydrogen-bond acceptors (Lipinski definition) is 8. The zero-order chi connectivity index (χ0) is 23.8. The summed E-state index contributed by atoms with van der Waals surface area (Å²) in [6, 6.07) is 9.43. The predicted octanol–water partition coefficient (Wildman–Crippen LogP) is 3.36. The highest BCUT2D eigenvalue weighted by atomic mass is 32.2. The number of aromatic nitrogens is 1. The number of thiazole rings is 1. The average molecular weight is 492 g/mol. The number of ether oxygens (including phenoxy) is 3. The van der Waals surface area contributed by atoms with E-state index >= 15 is 0 Å². The number of nitrogens with one attached hydrogen (secondary N) is 1. The summed E-state index contributed by atoms with van der Waals surface area (Å²) in [5, 5.41) is 3.18. The molecule has 176 valence electrons. The first-order valence-corrected chi connectivity index (χ1v) is 12.6. The van der Waals surface area contributed by atoms with Gasteiger partial charge in [-0.15, -0.1) is 0 Å². The molecule has 1 aromatic heterocycles. The summed E-state index contributed by atoms with van der Waals surface area (Å²) >= 11 is 1.30. The molecule has 0 saturated carbocycles. The second-order valence-electron chi connectivity index (χ2n) is 7.75. The van der Waals surface area contributed by atoms with E-state index in [9.17, 15) is 13.2 Å². The average Bonchev–Trinajstić information content (AvgIpc) is 3.18. The van der Waals surface area contributed by atoms with Gasteiger partial charge in [-0.05, 0) is 38.1 Å². The van der Waals surface area contributed by atoms with Crippen LogP contribution in [0.5, 0.6) is 11.5 Å². The molecular formula is C22H25N3O6S2. The van der Waals surface area contributed by atoms with Gasteiger partial charge in [0.15, 0.2) is 16.6 Å². The Kier molecular flexibility index (Phi) is 6.57. The van der Waals surface area contributed by atoms with Gasteiger partial charge in [-0.1, -0.05) is 11.3 Å². The van der Waals surface area contributed by atoms with Crippen molar-refractivity contribution in [2.45, 2.75) is 31.0 Å². The zero-order valence-electron chi connectivity index (χ0n) is 18.7. The molecule has 0 bridgehead atoms. The van der Waals surface area contributed by atoms with Crippen LogP contribution >= 0.6 is 11.3 Å². The molecule has 2 heterocycles. The van der Waals surface area contributed by atoms with E-state index in [1.54, 1.807) is 26.4 Å². The molecule has 2 atom stereocenters. The van der Waals surface area contributed by atoms with Gasteiger partial charge in [0.1, 0.15) is 0 Å². The van der Waals surface area contributed by atoms with Gasteiger partial charge in [-0.3, -0.25) is 10.1 Å². The van der Waals surface area contributed by atoms with E-state index in [0.29, 0.717) is 40.8 Å². The minimum atomic E-state index is -3.67. The van der Waals surface area contributed by atoms with Crippen molar-refractivity contribution in [2.24, 2.45) is 0 Å². The van der Waals surface area contributed by atoms with Crippen molar-refractivity contribution in [2.75, 3.05) is 32.6 Å². The van der Waals surface area contributed by atoms with Crippen molar-refractivity contribution in [3.8, 4) is 11.5 Å². The molecule has 0 radical (unpaired) electrons. The van der Waals surface area contributed by atoms with Crippen molar-refractivity contribution in [3.63, 3.8) is 0 Å². The normalized spacial score (nSPS) is 19.4. The standard InChI is InChI=1S/C22H25N3O6S2/c1-13-11-25(12-14(2)31-13)33(27,28)16-7-5-15(6-8-16)21(26)24-22-23-17-9-18(29-3)19(30-4)10-20(17)32-22/h5-10,13-14H,11-12H2,1-4H3,(H,23,24,26)/t13-,14-/m1/s1. The highest BCUT2D eigenvalue weighted by molar-refractivity contribution is 7.89. The van der Waals surface area contributed by atoms with E-state index in [4.69, 9.17) is 14.2 Å². The maximum absolute atomic E-state index is 13.0. The molecule has 0 unspecified atom stereocenters. The van der Waals surface area contributed by atoms with Gasteiger partial charge in [-0.25, -0.2) is 13.4 Å². The summed E-state index contributed by atoms with van der Waals surface area (Å²) in [6.45, 7) is 4.28. The first-order chi connectivity index (χ1) is 15.7. The lowest BCUT2D eigenvalue weighted by Crippen LogP contribution is -2.48. The SMILES string of the molecule is COc1cc2nc(NC(=O)c3ccc(S(=O)(=O)N4C[C@@H](C)O[C@H](C)C4)cc3)sc2cc1OC. The summed E-state index contributed by atoms with van der Waals surface area (Å²) in [6.07, 6.45) is -0.357. The molecule has 0 aliphatic carbocycles. The fourth-order valence-corrected chi connectivity index (χ4v) is 6.19. The van der Waals surface area contributed by atoms with Gasteiger partial charge in [0.2, 0.25) is 10.0 Å². The summed E-state index contributed by atoms with van der Waals surface area (Å²) < 4.78 is 44.5. The Balaban J connectivity index is 1.50. The minimum Gasteiger partial charge on any atom is -0.493 e. The molecule has 1 aliphatic rings. The number of fused-ring (bicyclic) bond motifs is 1. The van der Waals surface area contributed by atoms with Crippen LogP contribution in [-0.2, 0) is 14.8 Å².